The minimum atomic E-state index is -0.108. The first-order valence-corrected chi connectivity index (χ1v) is 8.81. The van der Waals surface area contributed by atoms with Gasteiger partial charge in [0.1, 0.15) is 0 Å². The molecule has 1 aliphatic rings. The highest BCUT2D eigenvalue weighted by Crippen LogP contribution is 2.25. The summed E-state index contributed by atoms with van der Waals surface area (Å²) in [6.07, 6.45) is 5.58. The van der Waals surface area contributed by atoms with Crippen LogP contribution >= 0.6 is 24.0 Å². The molecule has 0 unspecified atom stereocenters. The van der Waals surface area contributed by atoms with Crippen molar-refractivity contribution in [2.75, 3.05) is 5.32 Å². The van der Waals surface area contributed by atoms with Crippen LogP contribution in [-0.2, 0) is 11.3 Å². The van der Waals surface area contributed by atoms with Gasteiger partial charge in [0.2, 0.25) is 5.91 Å². The van der Waals surface area contributed by atoms with Crippen LogP contribution in [-0.4, -0.2) is 17.4 Å². The van der Waals surface area contributed by atoms with E-state index >= 15 is 0 Å². The number of hydrogen-bond acceptors (Lipinski definition) is 2. The molecule has 140 valence electrons. The molecule has 0 bridgehead atoms. The smallest absolute Gasteiger partial charge is 0.227 e. The van der Waals surface area contributed by atoms with Gasteiger partial charge >= 0.3 is 0 Å². The van der Waals surface area contributed by atoms with Gasteiger partial charge in [-0.3, -0.25) is 4.79 Å². The third kappa shape index (κ3) is 8.07. The number of aliphatic imine (C=N–C) groups is 1. The number of rotatable bonds is 4. The maximum absolute atomic E-state index is 12.3. The number of anilines is 1. The number of nitrogens with one attached hydrogen (secondary N) is 2. The molecule has 0 aliphatic heterocycles. The molecule has 1 aliphatic carbocycles. The molecule has 0 saturated heterocycles. The summed E-state index contributed by atoms with van der Waals surface area (Å²) in [4.78, 5) is 16.7. The molecule has 2 rings (SSSR count). The minimum absolute atomic E-state index is 0. The van der Waals surface area contributed by atoms with Gasteiger partial charge in [-0.1, -0.05) is 31.4 Å². The first-order chi connectivity index (χ1) is 11.3. The van der Waals surface area contributed by atoms with Crippen molar-refractivity contribution < 1.29 is 4.79 Å². The molecule has 0 aromatic heterocycles. The van der Waals surface area contributed by atoms with Gasteiger partial charge in [0, 0.05) is 17.1 Å². The second-order valence-corrected chi connectivity index (χ2v) is 7.60. The van der Waals surface area contributed by atoms with Crippen molar-refractivity contribution in [1.82, 2.24) is 5.32 Å². The summed E-state index contributed by atoms with van der Waals surface area (Å²) in [6.45, 7) is 6.60. The summed E-state index contributed by atoms with van der Waals surface area (Å²) in [5, 5.41) is 6.18. The molecule has 0 radical (unpaired) electrons. The lowest BCUT2D eigenvalue weighted by molar-refractivity contribution is -0.120. The summed E-state index contributed by atoms with van der Waals surface area (Å²) in [7, 11) is 0. The molecule has 1 aromatic rings. The second-order valence-electron chi connectivity index (χ2n) is 7.60. The van der Waals surface area contributed by atoms with Gasteiger partial charge in [0.25, 0.3) is 0 Å². The van der Waals surface area contributed by atoms with Crippen molar-refractivity contribution in [2.45, 2.75) is 65.0 Å². The van der Waals surface area contributed by atoms with Gasteiger partial charge in [-0.05, 0) is 51.3 Å². The van der Waals surface area contributed by atoms with Crippen LogP contribution in [0.3, 0.4) is 0 Å². The van der Waals surface area contributed by atoms with Gasteiger partial charge in [0.05, 0.1) is 6.54 Å². The summed E-state index contributed by atoms with van der Waals surface area (Å²) in [5.74, 6) is 0.732. The number of amides is 1. The normalized spacial score (nSPS) is 16.0. The Morgan fingerprint density at radius 3 is 2.56 bits per heavy atom. The fourth-order valence-electron chi connectivity index (χ4n) is 2.96. The predicted molar refractivity (Wildman–Crippen MR) is 115 cm³/mol. The fraction of sp³-hybridized carbons (Fsp3) is 0.579. The van der Waals surface area contributed by atoms with E-state index in [2.05, 4.69) is 15.6 Å². The highest BCUT2D eigenvalue weighted by Gasteiger charge is 2.21. The van der Waals surface area contributed by atoms with E-state index in [1.165, 1.54) is 6.42 Å². The van der Waals surface area contributed by atoms with Crippen molar-refractivity contribution in [1.29, 1.82) is 0 Å². The summed E-state index contributed by atoms with van der Waals surface area (Å²) >= 11 is 0. The second kappa shape index (κ2) is 9.99. The molecular weight excluding hydrogens is 427 g/mol. The number of carbonyl (C=O) groups excluding carboxylic acids is 1. The Bertz CT molecular complexity index is 589. The molecule has 4 N–H and O–H groups in total. The molecule has 1 saturated carbocycles. The van der Waals surface area contributed by atoms with Gasteiger partial charge in [-0.2, -0.15) is 0 Å². The van der Waals surface area contributed by atoms with E-state index in [0.29, 0.717) is 12.5 Å². The minimum Gasteiger partial charge on any atom is -0.370 e. The molecule has 25 heavy (non-hydrogen) atoms. The highest BCUT2D eigenvalue weighted by atomic mass is 127. The number of guanidine groups is 1. The largest absolute Gasteiger partial charge is 0.370 e. The molecule has 0 heterocycles. The number of benzene rings is 1. The third-order valence-electron chi connectivity index (χ3n) is 4.11. The standard InChI is InChI=1S/C19H30N4O.HI/c1-19(2,3)23-18(20)21-13-14-8-7-11-16(12-14)22-17(24)15-9-5-4-6-10-15;/h7-8,11-12,15H,4-6,9-10,13H2,1-3H3,(H,22,24)(H3,20,21,23);1H. The maximum Gasteiger partial charge on any atom is 0.227 e. The number of nitrogens with zero attached hydrogens (tertiary/aromatic N) is 1. The molecule has 1 fully saturated rings. The Kier molecular flexibility index (Phi) is 8.68. The van der Waals surface area contributed by atoms with Crippen LogP contribution in [0.2, 0.25) is 0 Å². The molecule has 0 spiro atoms. The monoisotopic (exact) mass is 458 g/mol. The van der Waals surface area contributed by atoms with Crippen LogP contribution in [0.1, 0.15) is 58.4 Å². The SMILES string of the molecule is CC(C)(C)NC(N)=NCc1cccc(NC(=O)C2CCCCC2)c1.I. The Labute approximate surface area is 168 Å². The van der Waals surface area contributed by atoms with Crippen molar-refractivity contribution in [3.05, 3.63) is 29.8 Å². The number of nitrogens with two attached hydrogens (primary N) is 1. The van der Waals surface area contributed by atoms with Crippen molar-refractivity contribution in [2.24, 2.45) is 16.6 Å². The van der Waals surface area contributed by atoms with Gasteiger partial charge in [-0.15, -0.1) is 24.0 Å². The first kappa shape index (κ1) is 21.7. The Hall–Kier alpha value is -1.31. The molecular formula is C19H31IN4O. The Balaban J connectivity index is 0.00000312. The molecule has 1 aromatic carbocycles. The molecule has 6 heteroatoms. The van der Waals surface area contributed by atoms with Gasteiger partial charge < -0.3 is 16.4 Å². The topological polar surface area (TPSA) is 79.5 Å². The van der Waals surface area contributed by atoms with Gasteiger partial charge in [0.15, 0.2) is 5.96 Å². The molecule has 0 atom stereocenters. The first-order valence-electron chi connectivity index (χ1n) is 8.81. The number of carbonyl (C=O) groups is 1. The van der Waals surface area contributed by atoms with E-state index in [9.17, 15) is 4.79 Å². The Morgan fingerprint density at radius 1 is 1.24 bits per heavy atom. The average molecular weight is 458 g/mol. The zero-order valence-electron chi connectivity index (χ0n) is 15.5. The number of hydrogen-bond donors (Lipinski definition) is 3. The van der Waals surface area contributed by atoms with Crippen molar-refractivity contribution >= 4 is 41.5 Å². The Morgan fingerprint density at radius 2 is 1.92 bits per heavy atom. The van der Waals surface area contributed by atoms with Gasteiger partial charge in [-0.25, -0.2) is 4.99 Å². The number of halogens is 1. The van der Waals surface area contributed by atoms with E-state index in [1.807, 2.05) is 45.0 Å². The van der Waals surface area contributed by atoms with E-state index < -0.39 is 0 Å². The maximum atomic E-state index is 12.3. The van der Waals surface area contributed by atoms with Crippen LogP contribution in [0.25, 0.3) is 0 Å². The lowest BCUT2D eigenvalue weighted by Crippen LogP contribution is -2.44. The zero-order valence-corrected chi connectivity index (χ0v) is 17.8. The summed E-state index contributed by atoms with van der Waals surface area (Å²) in [5.41, 5.74) is 7.64. The predicted octanol–water partition coefficient (Wildman–Crippen LogP) is 4.03. The van der Waals surface area contributed by atoms with Crippen LogP contribution in [0.4, 0.5) is 5.69 Å². The lowest BCUT2D eigenvalue weighted by Gasteiger charge is -2.21. The van der Waals surface area contributed by atoms with E-state index in [0.717, 1.165) is 36.9 Å². The lowest BCUT2D eigenvalue weighted by atomic mass is 9.88. The molecule has 1 amide bonds. The average Bonchev–Trinajstić information content (AvgIpc) is 2.52. The van der Waals surface area contributed by atoms with E-state index in [1.54, 1.807) is 0 Å². The van der Waals surface area contributed by atoms with Crippen LogP contribution in [0.15, 0.2) is 29.3 Å². The third-order valence-corrected chi connectivity index (χ3v) is 4.11. The summed E-state index contributed by atoms with van der Waals surface area (Å²) in [6, 6.07) is 7.82. The van der Waals surface area contributed by atoms with Crippen molar-refractivity contribution in [3.8, 4) is 0 Å². The highest BCUT2D eigenvalue weighted by molar-refractivity contribution is 14.0. The van der Waals surface area contributed by atoms with Crippen molar-refractivity contribution in [3.63, 3.8) is 0 Å². The van der Waals surface area contributed by atoms with Crippen LogP contribution in [0, 0.1) is 5.92 Å². The zero-order chi connectivity index (χ0) is 17.6. The van der Waals surface area contributed by atoms with Crippen LogP contribution in [0.5, 0.6) is 0 Å². The van der Waals surface area contributed by atoms with E-state index in [-0.39, 0.29) is 41.3 Å². The quantitative estimate of drug-likeness (QED) is 0.362. The fourth-order valence-corrected chi connectivity index (χ4v) is 2.96. The van der Waals surface area contributed by atoms with E-state index in [4.69, 9.17) is 5.73 Å². The molecule has 5 nitrogen and oxygen atoms in total. The summed E-state index contributed by atoms with van der Waals surface area (Å²) < 4.78 is 0. The van der Waals surface area contributed by atoms with Crippen LogP contribution < -0.4 is 16.4 Å².